The first-order valence-electron chi connectivity index (χ1n) is 11.3. The monoisotopic (exact) mass is 422 g/mol. The minimum Gasteiger partial charge on any atom is -0.497 e. The summed E-state index contributed by atoms with van der Waals surface area (Å²) in [6.07, 6.45) is 4.40. The predicted molar refractivity (Wildman–Crippen MR) is 126 cm³/mol. The van der Waals surface area contributed by atoms with Gasteiger partial charge in [0.2, 0.25) is 0 Å². The van der Waals surface area contributed by atoms with Crippen molar-refractivity contribution in [2.45, 2.75) is 18.9 Å². The fourth-order valence-electron chi connectivity index (χ4n) is 4.57. The van der Waals surface area contributed by atoms with Crippen LogP contribution in [0, 0.1) is 0 Å². The summed E-state index contributed by atoms with van der Waals surface area (Å²) in [4.78, 5) is 16.4. The van der Waals surface area contributed by atoms with Gasteiger partial charge in [-0.15, -0.1) is 0 Å². The average Bonchev–Trinajstić information content (AvgIpc) is 3.37. The maximum absolute atomic E-state index is 5.48. The zero-order valence-corrected chi connectivity index (χ0v) is 18.7. The van der Waals surface area contributed by atoms with Crippen molar-refractivity contribution in [1.29, 1.82) is 0 Å². The Hall–Kier alpha value is -2.80. The van der Waals surface area contributed by atoms with E-state index in [1.165, 1.54) is 18.4 Å². The third-order valence-corrected chi connectivity index (χ3v) is 6.28. The molecule has 0 aliphatic carbocycles. The van der Waals surface area contributed by atoms with Crippen LogP contribution >= 0.6 is 0 Å². The van der Waals surface area contributed by atoms with Gasteiger partial charge in [-0.3, -0.25) is 9.89 Å². The lowest BCUT2D eigenvalue weighted by Gasteiger charge is -2.38. The first-order chi connectivity index (χ1) is 15.3. The molecule has 31 heavy (non-hydrogen) atoms. The predicted octanol–water partition coefficient (Wildman–Crippen LogP) is 2.62. The van der Waals surface area contributed by atoms with Crippen LogP contribution in [0.15, 0.2) is 53.7 Å². The van der Waals surface area contributed by atoms with Crippen LogP contribution in [0.2, 0.25) is 0 Å². The molecule has 0 amide bonds. The molecule has 0 bridgehead atoms. The Morgan fingerprint density at radius 2 is 1.87 bits per heavy atom. The van der Waals surface area contributed by atoms with Crippen molar-refractivity contribution in [1.82, 2.24) is 20.1 Å². The van der Waals surface area contributed by atoms with Crippen LogP contribution in [-0.4, -0.2) is 80.7 Å². The van der Waals surface area contributed by atoms with E-state index in [-0.39, 0.29) is 0 Å². The molecule has 2 aliphatic rings. The number of methoxy groups -OCH3 is 1. The molecule has 7 heteroatoms. The Bertz CT molecular complexity index is 844. The van der Waals surface area contributed by atoms with Gasteiger partial charge in [0.25, 0.3) is 0 Å². The zero-order valence-electron chi connectivity index (χ0n) is 18.7. The zero-order chi connectivity index (χ0) is 21.5. The number of likely N-dealkylation sites (tertiary alicyclic amines) is 1. The van der Waals surface area contributed by atoms with E-state index in [2.05, 4.69) is 54.3 Å². The molecule has 1 unspecified atom stereocenters. The normalized spacial score (nSPS) is 18.8. The van der Waals surface area contributed by atoms with Crippen molar-refractivity contribution < 1.29 is 4.74 Å². The molecular formula is C24H34N6O. The van der Waals surface area contributed by atoms with Crippen molar-refractivity contribution in [2.75, 3.05) is 64.9 Å². The van der Waals surface area contributed by atoms with E-state index in [4.69, 9.17) is 4.74 Å². The Morgan fingerprint density at radius 1 is 1.06 bits per heavy atom. The Morgan fingerprint density at radius 3 is 2.55 bits per heavy atom. The molecule has 7 nitrogen and oxygen atoms in total. The number of anilines is 1. The van der Waals surface area contributed by atoms with Gasteiger partial charge in [-0.05, 0) is 55.8 Å². The summed E-state index contributed by atoms with van der Waals surface area (Å²) < 4.78 is 5.48. The molecule has 0 spiro atoms. The van der Waals surface area contributed by atoms with Gasteiger partial charge >= 0.3 is 0 Å². The number of piperazine rings is 1. The minimum absolute atomic E-state index is 0.309. The molecular weight excluding hydrogens is 388 g/mol. The highest BCUT2D eigenvalue weighted by Crippen LogP contribution is 2.27. The summed E-state index contributed by atoms with van der Waals surface area (Å²) in [6.45, 7) is 6.88. The quantitative estimate of drug-likeness (QED) is 0.571. The SMILES string of the molecule is CN=C(NCC(c1cccc(OC)c1)N1CCCC1)N1CCN(c2ccccn2)CC1. The second-order valence-corrected chi connectivity index (χ2v) is 8.13. The fraction of sp³-hybridized carbons (Fsp3) is 0.500. The van der Waals surface area contributed by atoms with Gasteiger partial charge in [0.1, 0.15) is 11.6 Å². The number of nitrogens with one attached hydrogen (secondary N) is 1. The molecule has 4 rings (SSSR count). The van der Waals surface area contributed by atoms with Crippen LogP contribution in [0.4, 0.5) is 5.82 Å². The van der Waals surface area contributed by atoms with Crippen molar-refractivity contribution >= 4 is 11.8 Å². The number of nitrogens with zero attached hydrogens (tertiary/aromatic N) is 5. The fourth-order valence-corrected chi connectivity index (χ4v) is 4.57. The van der Waals surface area contributed by atoms with Crippen LogP contribution in [0.3, 0.4) is 0 Å². The topological polar surface area (TPSA) is 56.2 Å². The number of pyridine rings is 1. The van der Waals surface area contributed by atoms with E-state index in [1.807, 2.05) is 31.4 Å². The Labute approximate surface area is 185 Å². The highest BCUT2D eigenvalue weighted by Gasteiger charge is 2.26. The second kappa shape index (κ2) is 10.5. The molecule has 2 saturated heterocycles. The first kappa shape index (κ1) is 21.4. The molecule has 1 aromatic carbocycles. The lowest BCUT2D eigenvalue weighted by atomic mass is 10.1. The molecule has 0 radical (unpaired) electrons. The summed E-state index contributed by atoms with van der Waals surface area (Å²) in [7, 11) is 3.61. The van der Waals surface area contributed by atoms with Gasteiger partial charge in [0.05, 0.1) is 13.2 Å². The summed E-state index contributed by atoms with van der Waals surface area (Å²) in [5.41, 5.74) is 1.30. The maximum atomic E-state index is 5.48. The van der Waals surface area contributed by atoms with E-state index >= 15 is 0 Å². The van der Waals surface area contributed by atoms with E-state index < -0.39 is 0 Å². The molecule has 1 N–H and O–H groups in total. The van der Waals surface area contributed by atoms with Crippen LogP contribution in [0.5, 0.6) is 5.75 Å². The lowest BCUT2D eigenvalue weighted by Crippen LogP contribution is -2.53. The minimum atomic E-state index is 0.309. The summed E-state index contributed by atoms with van der Waals surface area (Å²) >= 11 is 0. The molecule has 0 saturated carbocycles. The number of rotatable bonds is 6. The Balaban J connectivity index is 1.39. The molecule has 2 aromatic rings. The maximum Gasteiger partial charge on any atom is 0.193 e. The van der Waals surface area contributed by atoms with Crippen LogP contribution in [0.1, 0.15) is 24.4 Å². The third kappa shape index (κ3) is 5.28. The van der Waals surface area contributed by atoms with E-state index in [9.17, 15) is 0 Å². The van der Waals surface area contributed by atoms with Gasteiger partial charge in [0.15, 0.2) is 5.96 Å². The van der Waals surface area contributed by atoms with E-state index in [0.717, 1.165) is 63.3 Å². The summed E-state index contributed by atoms with van der Waals surface area (Å²) in [6, 6.07) is 14.9. The van der Waals surface area contributed by atoms with Gasteiger partial charge in [-0.25, -0.2) is 4.98 Å². The highest BCUT2D eigenvalue weighted by molar-refractivity contribution is 5.80. The van der Waals surface area contributed by atoms with Crippen LogP contribution < -0.4 is 15.0 Å². The Kier molecular flexibility index (Phi) is 7.25. The standard InChI is InChI=1S/C24H34N6O/c1-25-24(30-16-14-29(15-17-30)23-10-3-4-11-26-23)27-19-22(28-12-5-6-13-28)20-8-7-9-21(18-20)31-2/h3-4,7-11,18,22H,5-6,12-17,19H2,1-2H3,(H,25,27). The lowest BCUT2D eigenvalue weighted by molar-refractivity contribution is 0.242. The van der Waals surface area contributed by atoms with Gasteiger partial charge in [0, 0.05) is 46.0 Å². The second-order valence-electron chi connectivity index (χ2n) is 8.13. The molecule has 2 aliphatic heterocycles. The van der Waals surface area contributed by atoms with Crippen molar-refractivity contribution in [2.24, 2.45) is 4.99 Å². The van der Waals surface area contributed by atoms with Crippen molar-refractivity contribution in [3.63, 3.8) is 0 Å². The molecule has 3 heterocycles. The number of ether oxygens (including phenoxy) is 1. The molecule has 1 atom stereocenters. The van der Waals surface area contributed by atoms with Gasteiger partial charge in [-0.1, -0.05) is 18.2 Å². The van der Waals surface area contributed by atoms with Crippen molar-refractivity contribution in [3.8, 4) is 5.75 Å². The van der Waals surface area contributed by atoms with Crippen LogP contribution in [-0.2, 0) is 0 Å². The summed E-state index contributed by atoms with van der Waals surface area (Å²) in [5, 5.41) is 3.67. The average molecular weight is 423 g/mol. The van der Waals surface area contributed by atoms with Crippen molar-refractivity contribution in [3.05, 3.63) is 54.2 Å². The number of hydrogen-bond donors (Lipinski definition) is 1. The number of aliphatic imine (C=N–C) groups is 1. The number of benzene rings is 1. The van der Waals surface area contributed by atoms with Gasteiger partial charge in [-0.2, -0.15) is 0 Å². The number of hydrogen-bond acceptors (Lipinski definition) is 5. The largest absolute Gasteiger partial charge is 0.497 e. The van der Waals surface area contributed by atoms with Crippen LogP contribution in [0.25, 0.3) is 0 Å². The molecule has 1 aromatic heterocycles. The molecule has 166 valence electrons. The number of guanidine groups is 1. The highest BCUT2D eigenvalue weighted by atomic mass is 16.5. The third-order valence-electron chi connectivity index (χ3n) is 6.28. The van der Waals surface area contributed by atoms with Gasteiger partial charge < -0.3 is 19.9 Å². The smallest absolute Gasteiger partial charge is 0.193 e. The van der Waals surface area contributed by atoms with E-state index in [0.29, 0.717) is 6.04 Å². The molecule has 2 fully saturated rings. The first-order valence-corrected chi connectivity index (χ1v) is 11.3. The summed E-state index contributed by atoms with van der Waals surface area (Å²) in [5.74, 6) is 2.95. The number of aromatic nitrogens is 1. The van der Waals surface area contributed by atoms with E-state index in [1.54, 1.807) is 7.11 Å².